The van der Waals surface area contributed by atoms with Crippen molar-refractivity contribution in [2.24, 2.45) is 0 Å². The van der Waals surface area contributed by atoms with Gasteiger partial charge in [-0.3, -0.25) is 0 Å². The molecule has 2 heterocycles. The average Bonchev–Trinajstić information content (AvgIpc) is 3.40. The molecule has 1 aromatic heterocycles. The molecule has 0 saturated heterocycles. The van der Waals surface area contributed by atoms with Crippen LogP contribution >= 0.6 is 0 Å². The van der Waals surface area contributed by atoms with Crippen molar-refractivity contribution in [1.82, 2.24) is 9.29 Å². The predicted octanol–water partition coefficient (Wildman–Crippen LogP) is 8.11. The molecule has 0 unspecified atom stereocenters. The van der Waals surface area contributed by atoms with Crippen LogP contribution in [0.5, 0.6) is 0 Å². The topological polar surface area (TPSA) is 78.0 Å². The second-order valence-electron chi connectivity index (χ2n) is 16.9. The maximum Gasteiger partial charge on any atom is 0.356 e. The number of nitrogens with zero attached hydrogens (tertiary/aromatic N) is 2. The van der Waals surface area contributed by atoms with E-state index in [4.69, 9.17) is 18.6 Å². The third-order valence-electron chi connectivity index (χ3n) is 10.2. The Kier molecular flexibility index (Phi) is 12.6. The van der Waals surface area contributed by atoms with Gasteiger partial charge in [0.2, 0.25) is 0 Å². The fourth-order valence-electron chi connectivity index (χ4n) is 6.64. The van der Waals surface area contributed by atoms with E-state index in [-0.39, 0.29) is 22.7 Å². The first-order valence-corrected chi connectivity index (χ1v) is 23.9. The van der Waals surface area contributed by atoms with Crippen molar-refractivity contribution in [3.63, 3.8) is 0 Å². The molecule has 0 N–H and O–H groups in total. The van der Waals surface area contributed by atoms with Crippen LogP contribution in [0.4, 0.5) is 0 Å². The van der Waals surface area contributed by atoms with E-state index in [0.29, 0.717) is 38.3 Å². The first-order valence-electron chi connectivity index (χ1n) is 18.0. The van der Waals surface area contributed by atoms with Gasteiger partial charge in [0.1, 0.15) is 16.7 Å². The van der Waals surface area contributed by atoms with Crippen LogP contribution < -0.4 is 10.4 Å². The lowest BCUT2D eigenvalue weighted by molar-refractivity contribution is 0.0518. The number of rotatable bonds is 13. The van der Waals surface area contributed by atoms with Gasteiger partial charge in [-0.25, -0.2) is 18.3 Å². The molecule has 0 radical (unpaired) electrons. The number of benzene rings is 2. The molecular weight excluding hydrogens is 677 g/mol. The molecule has 3 aromatic rings. The molecular formula is C40H60N2O5SSi2. The van der Waals surface area contributed by atoms with Crippen LogP contribution in [-0.2, 0) is 37.5 Å². The third kappa shape index (κ3) is 8.59. The highest BCUT2D eigenvalue weighted by Crippen LogP contribution is 2.43. The Morgan fingerprint density at radius 3 is 1.90 bits per heavy atom. The summed E-state index contributed by atoms with van der Waals surface area (Å²) in [5.74, 6) is -0.441. The molecule has 0 saturated carbocycles. The zero-order chi connectivity index (χ0) is 37.1. The zero-order valence-electron chi connectivity index (χ0n) is 32.5. The molecule has 0 aliphatic carbocycles. The Morgan fingerprint density at radius 2 is 1.42 bits per heavy atom. The monoisotopic (exact) mass is 736 g/mol. The number of pyridine rings is 1. The number of ether oxygens (including phenoxy) is 1. The Balaban J connectivity index is 1.79. The van der Waals surface area contributed by atoms with E-state index in [2.05, 4.69) is 120 Å². The quantitative estimate of drug-likeness (QED) is 0.130. The van der Waals surface area contributed by atoms with Gasteiger partial charge in [0, 0.05) is 31.9 Å². The number of hydrogen-bond donors (Lipinski definition) is 0. The fraction of sp³-hybridized carbons (Fsp3) is 0.550. The van der Waals surface area contributed by atoms with Crippen LogP contribution in [0.15, 0.2) is 66.7 Å². The first kappa shape index (κ1) is 40.3. The maximum atomic E-state index is 14.3. The fourth-order valence-corrected chi connectivity index (χ4v) is 13.7. The molecule has 1 aliphatic heterocycles. The Labute approximate surface area is 306 Å². The SMILES string of the molecule is CCOC(=O)c1cc2c(c(CCO[Si](C)(C)C(C)(C)C)n1)[C@@H](CCO[Si](c1ccccc1)(c1ccccc1)C(C)(C)C)N([S@](=O)C(C)(C)C)C2. The second-order valence-corrected chi connectivity index (χ2v) is 28.2. The van der Waals surface area contributed by atoms with Gasteiger partial charge in [0.15, 0.2) is 8.32 Å². The number of esters is 1. The van der Waals surface area contributed by atoms with Crippen molar-refractivity contribution in [3.8, 4) is 0 Å². The van der Waals surface area contributed by atoms with E-state index < -0.39 is 38.3 Å². The molecule has 274 valence electrons. The minimum atomic E-state index is -2.79. The standard InChI is InChI=1S/C40H60N2O5SSi2/c1-13-45-37(43)34-28-30-29-42(48(44)38(2,3)4)35(36(30)33(41-34)24-26-46-49(11,12)39(5,6)7)25-27-47-50(40(8,9)10,31-20-16-14-17-21-31)32-22-18-15-19-23-32/h14-23,28,35H,13,24-27,29H2,1-12H3/t35-,48-/m1/s1. The molecule has 4 rings (SSSR count). The molecule has 2 aromatic carbocycles. The molecule has 1 aliphatic rings. The van der Waals surface area contributed by atoms with Crippen LogP contribution in [0.3, 0.4) is 0 Å². The Hall–Kier alpha value is -2.48. The first-order chi connectivity index (χ1) is 23.2. The summed E-state index contributed by atoms with van der Waals surface area (Å²) in [5.41, 5.74) is 3.12. The minimum absolute atomic E-state index is 0.0659. The number of fused-ring (bicyclic) bond motifs is 1. The molecule has 10 heteroatoms. The van der Waals surface area contributed by atoms with Gasteiger partial charge in [-0.15, -0.1) is 0 Å². The van der Waals surface area contributed by atoms with E-state index in [1.165, 1.54) is 10.4 Å². The van der Waals surface area contributed by atoms with E-state index in [9.17, 15) is 9.00 Å². The molecule has 0 bridgehead atoms. The summed E-state index contributed by atoms with van der Waals surface area (Å²) < 4.78 is 35.3. The molecule has 0 amide bonds. The van der Waals surface area contributed by atoms with Gasteiger partial charge in [0.25, 0.3) is 8.32 Å². The summed E-state index contributed by atoms with van der Waals surface area (Å²) in [7, 11) is -6.14. The van der Waals surface area contributed by atoms with Gasteiger partial charge in [-0.2, -0.15) is 0 Å². The van der Waals surface area contributed by atoms with Crippen molar-refractivity contribution in [2.75, 3.05) is 19.8 Å². The number of aromatic nitrogens is 1. The molecule has 0 fully saturated rings. The number of hydrogen-bond acceptors (Lipinski definition) is 6. The summed E-state index contributed by atoms with van der Waals surface area (Å²) in [5, 5.41) is 2.35. The average molecular weight is 737 g/mol. The van der Waals surface area contributed by atoms with E-state index in [0.717, 1.165) is 16.8 Å². The van der Waals surface area contributed by atoms with Gasteiger partial charge in [-0.1, -0.05) is 102 Å². The summed E-state index contributed by atoms with van der Waals surface area (Å²) >= 11 is 0. The van der Waals surface area contributed by atoms with Gasteiger partial charge in [0.05, 0.1) is 17.4 Å². The smallest absolute Gasteiger partial charge is 0.356 e. The van der Waals surface area contributed by atoms with Crippen molar-refractivity contribution in [2.45, 2.75) is 123 Å². The lowest BCUT2D eigenvalue weighted by atomic mass is 9.98. The third-order valence-corrected chi connectivity index (χ3v) is 21.6. The van der Waals surface area contributed by atoms with Crippen molar-refractivity contribution in [1.29, 1.82) is 0 Å². The normalized spacial score (nSPS) is 16.7. The van der Waals surface area contributed by atoms with Crippen molar-refractivity contribution in [3.05, 3.63) is 89.2 Å². The summed E-state index contributed by atoms with van der Waals surface area (Å²) in [6, 6.07) is 23.0. The summed E-state index contributed by atoms with van der Waals surface area (Å²) in [6.07, 6.45) is 1.17. The minimum Gasteiger partial charge on any atom is -0.461 e. The summed E-state index contributed by atoms with van der Waals surface area (Å²) in [6.45, 7) is 27.6. The lowest BCUT2D eigenvalue weighted by Gasteiger charge is -2.43. The zero-order valence-corrected chi connectivity index (χ0v) is 35.3. The molecule has 7 nitrogen and oxygen atoms in total. The largest absolute Gasteiger partial charge is 0.461 e. The van der Waals surface area contributed by atoms with Gasteiger partial charge < -0.3 is 13.6 Å². The molecule has 2 atom stereocenters. The van der Waals surface area contributed by atoms with Crippen molar-refractivity contribution < 1.29 is 22.6 Å². The summed E-state index contributed by atoms with van der Waals surface area (Å²) in [4.78, 5) is 18.0. The number of carbonyl (C=O) groups is 1. The van der Waals surface area contributed by atoms with Crippen LogP contribution in [0, 0.1) is 0 Å². The highest BCUT2D eigenvalue weighted by atomic mass is 32.2. The van der Waals surface area contributed by atoms with Gasteiger partial charge in [-0.05, 0) is 84.9 Å². The number of carbonyl (C=O) groups excluding carboxylic acids is 1. The molecule has 0 spiro atoms. The highest BCUT2D eigenvalue weighted by Gasteiger charge is 2.50. The highest BCUT2D eigenvalue weighted by molar-refractivity contribution is 7.84. The second kappa shape index (κ2) is 15.6. The maximum absolute atomic E-state index is 14.3. The van der Waals surface area contributed by atoms with E-state index in [1.54, 1.807) is 6.92 Å². The van der Waals surface area contributed by atoms with Crippen LogP contribution in [0.2, 0.25) is 23.2 Å². The Bertz CT molecular complexity index is 1590. The predicted molar refractivity (Wildman–Crippen MR) is 211 cm³/mol. The Morgan fingerprint density at radius 1 is 0.860 bits per heavy atom. The lowest BCUT2D eigenvalue weighted by Crippen LogP contribution is -2.66. The van der Waals surface area contributed by atoms with E-state index >= 15 is 0 Å². The van der Waals surface area contributed by atoms with Crippen molar-refractivity contribution >= 4 is 44.0 Å². The van der Waals surface area contributed by atoms with Gasteiger partial charge >= 0.3 is 5.97 Å². The van der Waals surface area contributed by atoms with Crippen LogP contribution in [-0.4, -0.2) is 60.7 Å². The van der Waals surface area contributed by atoms with Crippen LogP contribution in [0.1, 0.15) is 109 Å². The molecule has 50 heavy (non-hydrogen) atoms. The van der Waals surface area contributed by atoms with Crippen LogP contribution in [0.25, 0.3) is 0 Å². The van der Waals surface area contributed by atoms with E-state index in [1.807, 2.05) is 26.8 Å².